The van der Waals surface area contributed by atoms with Gasteiger partial charge in [-0.1, -0.05) is 19.9 Å². The average molecular weight is 312 g/mol. The summed E-state index contributed by atoms with van der Waals surface area (Å²) in [4.78, 5) is 0. The molecule has 1 aliphatic rings. The number of hydrogen-bond acceptors (Lipinski definition) is 4. The van der Waals surface area contributed by atoms with E-state index in [0.29, 0.717) is 5.56 Å². The number of aryl methyl sites for hydroxylation is 2. The second kappa shape index (κ2) is 6.13. The maximum Gasteiger partial charge on any atom is 0.125 e. The number of benzene rings is 2. The van der Waals surface area contributed by atoms with Gasteiger partial charge < -0.3 is 21.3 Å². The SMILES string of the molecule is CC(C)c1cc(C(N)Nc2ccc3c(c2)CCC3)c(O)cc1O. The molecule has 122 valence electrons. The van der Waals surface area contributed by atoms with Crippen molar-refractivity contribution in [3.8, 4) is 11.5 Å². The molecule has 0 aromatic heterocycles. The summed E-state index contributed by atoms with van der Waals surface area (Å²) in [5.74, 6) is 0.264. The van der Waals surface area contributed by atoms with Gasteiger partial charge in [0.2, 0.25) is 0 Å². The van der Waals surface area contributed by atoms with E-state index in [9.17, 15) is 10.2 Å². The first-order chi connectivity index (χ1) is 11.0. The first-order valence-corrected chi connectivity index (χ1v) is 8.15. The van der Waals surface area contributed by atoms with Crippen LogP contribution in [0.1, 0.15) is 54.6 Å². The Labute approximate surface area is 137 Å². The zero-order chi connectivity index (χ0) is 16.6. The molecule has 0 spiro atoms. The van der Waals surface area contributed by atoms with E-state index in [4.69, 9.17) is 5.73 Å². The van der Waals surface area contributed by atoms with Crippen LogP contribution in [0.25, 0.3) is 0 Å². The topological polar surface area (TPSA) is 78.5 Å². The molecular weight excluding hydrogens is 288 g/mol. The molecule has 5 N–H and O–H groups in total. The normalized spacial score (nSPS) is 14.8. The monoisotopic (exact) mass is 312 g/mol. The molecule has 4 heteroatoms. The van der Waals surface area contributed by atoms with Crippen molar-refractivity contribution in [3.05, 3.63) is 52.6 Å². The summed E-state index contributed by atoms with van der Waals surface area (Å²) in [6.45, 7) is 3.99. The molecule has 0 saturated carbocycles. The Balaban J connectivity index is 1.85. The molecule has 3 rings (SSSR count). The van der Waals surface area contributed by atoms with Crippen molar-refractivity contribution >= 4 is 5.69 Å². The fourth-order valence-electron chi connectivity index (χ4n) is 3.24. The lowest BCUT2D eigenvalue weighted by molar-refractivity contribution is 0.437. The molecule has 0 radical (unpaired) electrons. The van der Waals surface area contributed by atoms with Gasteiger partial charge in [0.1, 0.15) is 17.7 Å². The Hall–Kier alpha value is -2.20. The van der Waals surface area contributed by atoms with Crippen molar-refractivity contribution in [2.24, 2.45) is 5.73 Å². The lowest BCUT2D eigenvalue weighted by atomic mass is 9.97. The van der Waals surface area contributed by atoms with Crippen LogP contribution in [0.5, 0.6) is 11.5 Å². The maximum atomic E-state index is 10.1. The first kappa shape index (κ1) is 15.7. The predicted molar refractivity (Wildman–Crippen MR) is 92.9 cm³/mol. The standard InChI is InChI=1S/C19H24N2O2/c1-11(2)15-9-16(18(23)10-17(15)22)19(20)21-14-7-6-12-4-3-5-13(12)8-14/h6-11,19,21-23H,3-5,20H2,1-2H3. The van der Waals surface area contributed by atoms with E-state index >= 15 is 0 Å². The van der Waals surface area contributed by atoms with E-state index in [1.165, 1.54) is 23.6 Å². The number of anilines is 1. The van der Waals surface area contributed by atoms with Crippen LogP contribution in [0.4, 0.5) is 5.69 Å². The summed E-state index contributed by atoms with van der Waals surface area (Å²) in [7, 11) is 0. The minimum absolute atomic E-state index is 0.00746. The Kier molecular flexibility index (Phi) is 4.18. The first-order valence-electron chi connectivity index (χ1n) is 8.15. The molecule has 4 nitrogen and oxygen atoms in total. The Bertz CT molecular complexity index is 726. The van der Waals surface area contributed by atoms with Crippen molar-refractivity contribution in [3.63, 3.8) is 0 Å². The number of rotatable bonds is 4. The third kappa shape index (κ3) is 3.13. The van der Waals surface area contributed by atoms with Gasteiger partial charge >= 0.3 is 0 Å². The number of nitrogens with two attached hydrogens (primary N) is 1. The van der Waals surface area contributed by atoms with E-state index in [0.717, 1.165) is 24.1 Å². The van der Waals surface area contributed by atoms with Gasteiger partial charge in [0.25, 0.3) is 0 Å². The molecule has 0 fully saturated rings. The van der Waals surface area contributed by atoms with Crippen LogP contribution >= 0.6 is 0 Å². The van der Waals surface area contributed by atoms with Crippen LogP contribution in [0.2, 0.25) is 0 Å². The minimum Gasteiger partial charge on any atom is -0.508 e. The maximum absolute atomic E-state index is 10.1. The highest BCUT2D eigenvalue weighted by molar-refractivity contribution is 5.54. The molecule has 1 unspecified atom stereocenters. The number of nitrogens with one attached hydrogen (secondary N) is 1. The van der Waals surface area contributed by atoms with Gasteiger partial charge in [-0.2, -0.15) is 0 Å². The molecule has 1 aliphatic carbocycles. The zero-order valence-corrected chi connectivity index (χ0v) is 13.6. The molecule has 23 heavy (non-hydrogen) atoms. The Morgan fingerprint density at radius 2 is 1.65 bits per heavy atom. The fraction of sp³-hybridized carbons (Fsp3) is 0.368. The Morgan fingerprint density at radius 3 is 2.39 bits per heavy atom. The largest absolute Gasteiger partial charge is 0.508 e. The zero-order valence-electron chi connectivity index (χ0n) is 13.6. The van der Waals surface area contributed by atoms with Crippen molar-refractivity contribution in [2.75, 3.05) is 5.32 Å². The highest BCUT2D eigenvalue weighted by atomic mass is 16.3. The summed E-state index contributed by atoms with van der Waals surface area (Å²) in [6.07, 6.45) is 2.94. The summed E-state index contributed by atoms with van der Waals surface area (Å²) in [5, 5.41) is 23.3. The summed E-state index contributed by atoms with van der Waals surface area (Å²) < 4.78 is 0. The number of fused-ring (bicyclic) bond motifs is 1. The van der Waals surface area contributed by atoms with Gasteiger partial charge in [-0.25, -0.2) is 0 Å². The van der Waals surface area contributed by atoms with E-state index in [1.54, 1.807) is 6.07 Å². The van der Waals surface area contributed by atoms with Crippen molar-refractivity contribution in [2.45, 2.75) is 45.2 Å². The second-order valence-corrected chi connectivity index (χ2v) is 6.58. The molecule has 0 bridgehead atoms. The lowest BCUT2D eigenvalue weighted by Gasteiger charge is -2.20. The van der Waals surface area contributed by atoms with Gasteiger partial charge in [0, 0.05) is 17.3 Å². The molecule has 0 aliphatic heterocycles. The van der Waals surface area contributed by atoms with Crippen LogP contribution in [0.15, 0.2) is 30.3 Å². The van der Waals surface area contributed by atoms with Crippen LogP contribution in [0, 0.1) is 0 Å². The lowest BCUT2D eigenvalue weighted by Crippen LogP contribution is -2.20. The van der Waals surface area contributed by atoms with Gasteiger partial charge in [0.05, 0.1) is 0 Å². The molecule has 2 aromatic carbocycles. The molecule has 0 amide bonds. The van der Waals surface area contributed by atoms with Crippen LogP contribution < -0.4 is 11.1 Å². The van der Waals surface area contributed by atoms with Crippen LogP contribution in [-0.2, 0) is 12.8 Å². The van der Waals surface area contributed by atoms with E-state index in [2.05, 4.69) is 17.4 Å². The van der Waals surface area contributed by atoms with Crippen molar-refractivity contribution in [1.29, 1.82) is 0 Å². The third-order valence-electron chi connectivity index (χ3n) is 4.55. The average Bonchev–Trinajstić information content (AvgIpc) is 2.94. The van der Waals surface area contributed by atoms with Crippen molar-refractivity contribution < 1.29 is 10.2 Å². The minimum atomic E-state index is -0.535. The number of phenolic OH excluding ortho intramolecular Hbond substituents is 2. The fourth-order valence-corrected chi connectivity index (χ4v) is 3.24. The van der Waals surface area contributed by atoms with Gasteiger partial charge in [-0.3, -0.25) is 0 Å². The highest BCUT2D eigenvalue weighted by Crippen LogP contribution is 2.35. The number of phenols is 2. The van der Waals surface area contributed by atoms with E-state index < -0.39 is 6.17 Å². The number of aromatic hydroxyl groups is 2. The molecule has 1 atom stereocenters. The van der Waals surface area contributed by atoms with Gasteiger partial charge in [-0.15, -0.1) is 0 Å². The molecule has 2 aromatic rings. The molecule has 0 heterocycles. The van der Waals surface area contributed by atoms with Crippen LogP contribution in [0.3, 0.4) is 0 Å². The summed E-state index contributed by atoms with van der Waals surface area (Å²) in [6, 6.07) is 9.47. The van der Waals surface area contributed by atoms with Gasteiger partial charge in [0.15, 0.2) is 0 Å². The van der Waals surface area contributed by atoms with E-state index in [-0.39, 0.29) is 17.4 Å². The summed E-state index contributed by atoms with van der Waals surface area (Å²) >= 11 is 0. The Morgan fingerprint density at radius 1 is 0.957 bits per heavy atom. The van der Waals surface area contributed by atoms with Crippen molar-refractivity contribution in [1.82, 2.24) is 0 Å². The van der Waals surface area contributed by atoms with E-state index in [1.807, 2.05) is 19.9 Å². The van der Waals surface area contributed by atoms with Crippen LogP contribution in [-0.4, -0.2) is 10.2 Å². The predicted octanol–water partition coefficient (Wildman–Crippen LogP) is 3.78. The molecule has 0 saturated heterocycles. The molecular formula is C19H24N2O2. The summed E-state index contributed by atoms with van der Waals surface area (Å²) in [5.41, 5.74) is 11.4. The second-order valence-electron chi connectivity index (χ2n) is 6.58. The highest BCUT2D eigenvalue weighted by Gasteiger charge is 2.17. The smallest absolute Gasteiger partial charge is 0.125 e. The quantitative estimate of drug-likeness (QED) is 0.648. The number of hydrogen-bond donors (Lipinski definition) is 4. The van der Waals surface area contributed by atoms with Gasteiger partial charge in [-0.05, 0) is 60.1 Å². The third-order valence-corrected chi connectivity index (χ3v) is 4.55.